The standard InChI is InChI=1S/C10H8Cl2IN5/c1-14-9-16-8(12)17-10(18-9)15-7-3-2-5(13)4-6(7)11/h2-4H,1H3,(H2,14,15,16,17,18). The SMILES string of the molecule is CNc1nc(Cl)nc(Nc2ccc(I)cc2Cl)n1. The highest BCUT2D eigenvalue weighted by atomic mass is 127. The molecule has 1 heterocycles. The van der Waals surface area contributed by atoms with Crippen LogP contribution in [0, 0.1) is 3.57 Å². The Balaban J connectivity index is 2.30. The third-order valence-corrected chi connectivity index (χ3v) is 3.16. The Hall–Kier alpha value is -0.860. The van der Waals surface area contributed by atoms with Gasteiger partial charge in [0, 0.05) is 10.6 Å². The maximum atomic E-state index is 6.11. The zero-order valence-electron chi connectivity index (χ0n) is 9.21. The second kappa shape index (κ2) is 5.85. The summed E-state index contributed by atoms with van der Waals surface area (Å²) in [6.07, 6.45) is 0. The smallest absolute Gasteiger partial charge is 0.233 e. The number of nitrogens with one attached hydrogen (secondary N) is 2. The van der Waals surface area contributed by atoms with E-state index in [4.69, 9.17) is 23.2 Å². The van der Waals surface area contributed by atoms with E-state index in [-0.39, 0.29) is 5.28 Å². The number of aromatic nitrogens is 3. The normalized spacial score (nSPS) is 10.2. The first kappa shape index (κ1) is 13.6. The van der Waals surface area contributed by atoms with E-state index >= 15 is 0 Å². The summed E-state index contributed by atoms with van der Waals surface area (Å²) in [5.41, 5.74) is 0.710. The minimum Gasteiger partial charge on any atom is -0.357 e. The summed E-state index contributed by atoms with van der Waals surface area (Å²) in [6, 6.07) is 5.61. The molecular formula is C10H8Cl2IN5. The van der Waals surface area contributed by atoms with Crippen molar-refractivity contribution in [3.8, 4) is 0 Å². The number of halogens is 3. The lowest BCUT2D eigenvalue weighted by Gasteiger charge is -2.08. The Labute approximate surface area is 127 Å². The number of anilines is 3. The molecule has 0 aliphatic rings. The van der Waals surface area contributed by atoms with E-state index in [2.05, 4.69) is 48.2 Å². The lowest BCUT2D eigenvalue weighted by Crippen LogP contribution is -2.04. The fourth-order valence-electron chi connectivity index (χ4n) is 1.23. The van der Waals surface area contributed by atoms with Gasteiger partial charge in [-0.1, -0.05) is 11.6 Å². The Morgan fingerprint density at radius 1 is 1.11 bits per heavy atom. The molecule has 0 atom stereocenters. The number of nitrogens with zero attached hydrogens (tertiary/aromatic N) is 3. The molecule has 1 aromatic carbocycles. The molecular weight excluding hydrogens is 388 g/mol. The fourth-order valence-corrected chi connectivity index (χ4v) is 2.29. The van der Waals surface area contributed by atoms with E-state index in [0.717, 1.165) is 3.57 Å². The maximum Gasteiger partial charge on any atom is 0.233 e. The van der Waals surface area contributed by atoms with E-state index in [0.29, 0.717) is 22.6 Å². The van der Waals surface area contributed by atoms with Crippen LogP contribution in [0.25, 0.3) is 0 Å². The van der Waals surface area contributed by atoms with Gasteiger partial charge in [-0.15, -0.1) is 0 Å². The van der Waals surface area contributed by atoms with Crippen LogP contribution >= 0.6 is 45.8 Å². The van der Waals surface area contributed by atoms with E-state index in [9.17, 15) is 0 Å². The number of rotatable bonds is 3. The lowest BCUT2D eigenvalue weighted by molar-refractivity contribution is 1.05. The predicted molar refractivity (Wildman–Crippen MR) is 81.8 cm³/mol. The first-order chi connectivity index (χ1) is 8.58. The van der Waals surface area contributed by atoms with Gasteiger partial charge in [-0.2, -0.15) is 15.0 Å². The van der Waals surface area contributed by atoms with Gasteiger partial charge in [-0.05, 0) is 52.4 Å². The highest BCUT2D eigenvalue weighted by molar-refractivity contribution is 14.1. The van der Waals surface area contributed by atoms with Crippen molar-refractivity contribution in [3.63, 3.8) is 0 Å². The molecule has 2 rings (SSSR count). The Morgan fingerprint density at radius 2 is 1.83 bits per heavy atom. The van der Waals surface area contributed by atoms with E-state index in [1.807, 2.05) is 18.2 Å². The highest BCUT2D eigenvalue weighted by Gasteiger charge is 2.06. The molecule has 8 heteroatoms. The van der Waals surface area contributed by atoms with E-state index in [1.165, 1.54) is 0 Å². The molecule has 5 nitrogen and oxygen atoms in total. The summed E-state index contributed by atoms with van der Waals surface area (Å²) in [6.45, 7) is 0. The first-order valence-corrected chi connectivity index (χ1v) is 6.73. The lowest BCUT2D eigenvalue weighted by atomic mass is 10.3. The van der Waals surface area contributed by atoms with Crippen molar-refractivity contribution in [1.29, 1.82) is 0 Å². The first-order valence-electron chi connectivity index (χ1n) is 4.90. The fraction of sp³-hybridized carbons (Fsp3) is 0.100. The third-order valence-electron chi connectivity index (χ3n) is 2.01. The van der Waals surface area contributed by atoms with Gasteiger partial charge in [0.25, 0.3) is 0 Å². The maximum absolute atomic E-state index is 6.11. The van der Waals surface area contributed by atoms with E-state index in [1.54, 1.807) is 7.05 Å². The second-order valence-corrected chi connectivity index (χ2v) is 5.24. The van der Waals surface area contributed by atoms with Crippen molar-refractivity contribution in [3.05, 3.63) is 32.1 Å². The van der Waals surface area contributed by atoms with Crippen LogP contribution in [0.5, 0.6) is 0 Å². The molecule has 0 saturated carbocycles. The highest BCUT2D eigenvalue weighted by Crippen LogP contribution is 2.26. The number of hydrogen-bond donors (Lipinski definition) is 2. The zero-order valence-corrected chi connectivity index (χ0v) is 12.9. The number of hydrogen-bond acceptors (Lipinski definition) is 5. The molecule has 2 aromatic rings. The summed E-state index contributed by atoms with van der Waals surface area (Å²) in [4.78, 5) is 12.0. The van der Waals surface area contributed by atoms with Crippen LogP contribution < -0.4 is 10.6 Å². The zero-order chi connectivity index (χ0) is 13.1. The van der Waals surface area contributed by atoms with Gasteiger partial charge in [0.2, 0.25) is 17.2 Å². The van der Waals surface area contributed by atoms with Crippen LogP contribution in [0.2, 0.25) is 10.3 Å². The summed E-state index contributed by atoms with van der Waals surface area (Å²) in [5.74, 6) is 0.724. The molecule has 94 valence electrons. The third kappa shape index (κ3) is 3.33. The molecule has 0 spiro atoms. The van der Waals surface area contributed by atoms with Crippen molar-refractivity contribution in [1.82, 2.24) is 15.0 Å². The molecule has 0 saturated heterocycles. The molecule has 0 radical (unpaired) electrons. The molecule has 2 N–H and O–H groups in total. The van der Waals surface area contributed by atoms with Crippen LogP contribution in [0.15, 0.2) is 18.2 Å². The number of benzene rings is 1. The summed E-state index contributed by atoms with van der Waals surface area (Å²) in [5, 5.41) is 6.49. The molecule has 0 bridgehead atoms. The van der Waals surface area contributed by atoms with Crippen molar-refractivity contribution in [2.24, 2.45) is 0 Å². The van der Waals surface area contributed by atoms with Crippen LogP contribution in [-0.4, -0.2) is 22.0 Å². The van der Waals surface area contributed by atoms with Gasteiger partial charge >= 0.3 is 0 Å². The van der Waals surface area contributed by atoms with Crippen LogP contribution in [0.3, 0.4) is 0 Å². The molecule has 0 unspecified atom stereocenters. The van der Waals surface area contributed by atoms with Crippen molar-refractivity contribution < 1.29 is 0 Å². The van der Waals surface area contributed by atoms with Crippen molar-refractivity contribution in [2.75, 3.05) is 17.7 Å². The molecule has 0 fully saturated rings. The van der Waals surface area contributed by atoms with Gasteiger partial charge < -0.3 is 10.6 Å². The summed E-state index contributed by atoms with van der Waals surface area (Å²) in [7, 11) is 1.70. The Bertz CT molecular complexity index is 578. The van der Waals surface area contributed by atoms with Gasteiger partial charge in [0.05, 0.1) is 10.7 Å². The topological polar surface area (TPSA) is 62.7 Å². The second-order valence-electron chi connectivity index (χ2n) is 3.25. The molecule has 1 aromatic heterocycles. The van der Waals surface area contributed by atoms with Crippen LogP contribution in [0.1, 0.15) is 0 Å². The molecule has 0 aliphatic carbocycles. The predicted octanol–water partition coefficient (Wildman–Crippen LogP) is 3.57. The van der Waals surface area contributed by atoms with Gasteiger partial charge in [-0.25, -0.2) is 0 Å². The average Bonchev–Trinajstić information content (AvgIpc) is 2.32. The van der Waals surface area contributed by atoms with Crippen LogP contribution in [0.4, 0.5) is 17.6 Å². The van der Waals surface area contributed by atoms with Gasteiger partial charge in [0.1, 0.15) is 0 Å². The molecule has 0 amide bonds. The average molecular weight is 396 g/mol. The molecule has 0 aliphatic heterocycles. The van der Waals surface area contributed by atoms with Crippen molar-refractivity contribution >= 4 is 63.4 Å². The minimum atomic E-state index is 0.110. The van der Waals surface area contributed by atoms with Crippen LogP contribution in [-0.2, 0) is 0 Å². The molecule has 18 heavy (non-hydrogen) atoms. The summed E-state index contributed by atoms with van der Waals surface area (Å²) >= 11 is 14.1. The van der Waals surface area contributed by atoms with Crippen molar-refractivity contribution in [2.45, 2.75) is 0 Å². The Morgan fingerprint density at radius 3 is 2.50 bits per heavy atom. The quantitative estimate of drug-likeness (QED) is 0.778. The van der Waals surface area contributed by atoms with E-state index < -0.39 is 0 Å². The van der Waals surface area contributed by atoms with Gasteiger partial charge in [-0.3, -0.25) is 0 Å². The summed E-state index contributed by atoms with van der Waals surface area (Å²) < 4.78 is 1.05. The van der Waals surface area contributed by atoms with Gasteiger partial charge in [0.15, 0.2) is 0 Å². The minimum absolute atomic E-state index is 0.110. The Kier molecular flexibility index (Phi) is 4.41. The largest absolute Gasteiger partial charge is 0.357 e. The monoisotopic (exact) mass is 395 g/mol.